The molecule has 23 heavy (non-hydrogen) atoms. The van der Waals surface area contributed by atoms with E-state index in [0.29, 0.717) is 21.6 Å². The van der Waals surface area contributed by atoms with Crippen LogP contribution in [0.15, 0.2) is 48.5 Å². The first-order valence-electron chi connectivity index (χ1n) is 6.78. The van der Waals surface area contributed by atoms with Gasteiger partial charge in [-0.2, -0.15) is 0 Å². The molecule has 3 rings (SSSR count). The third-order valence-corrected chi connectivity index (χ3v) is 3.90. The number of aromatic nitrogens is 1. The van der Waals surface area contributed by atoms with Crippen molar-refractivity contribution in [3.05, 3.63) is 69.4 Å². The monoisotopic (exact) mass is 329 g/mol. The van der Waals surface area contributed by atoms with Crippen molar-refractivity contribution in [3.8, 4) is 0 Å². The summed E-state index contributed by atoms with van der Waals surface area (Å²) in [5.41, 5.74) is 1.08. The number of carbonyl (C=O) groups excluding carboxylic acids is 1. The zero-order chi connectivity index (χ0) is 16.6. The molecular weight excluding hydrogens is 318 g/mol. The Morgan fingerprint density at radius 2 is 1.96 bits per heavy atom. The van der Waals surface area contributed by atoms with Crippen LogP contribution >= 0.6 is 11.6 Å². The molecule has 0 atom stereocenters. The van der Waals surface area contributed by atoms with E-state index in [-0.39, 0.29) is 17.3 Å². The van der Waals surface area contributed by atoms with Crippen molar-refractivity contribution in [1.29, 1.82) is 0 Å². The number of fused-ring (bicyclic) bond motifs is 1. The predicted molar refractivity (Wildman–Crippen MR) is 89.1 cm³/mol. The lowest BCUT2D eigenvalue weighted by atomic mass is 10.2. The van der Waals surface area contributed by atoms with Crippen molar-refractivity contribution in [2.24, 2.45) is 0 Å². The van der Waals surface area contributed by atoms with Gasteiger partial charge in [-0.05, 0) is 18.2 Å². The zero-order valence-corrected chi connectivity index (χ0v) is 12.9. The van der Waals surface area contributed by atoms with E-state index >= 15 is 0 Å². The van der Waals surface area contributed by atoms with Crippen molar-refractivity contribution in [2.75, 3.05) is 11.9 Å². The van der Waals surface area contributed by atoms with Crippen molar-refractivity contribution >= 4 is 39.8 Å². The second-order valence-corrected chi connectivity index (χ2v) is 5.40. The largest absolute Gasteiger partial charge is 0.345 e. The van der Waals surface area contributed by atoms with Crippen molar-refractivity contribution in [1.82, 2.24) is 4.98 Å². The molecular formula is C16H12ClN3O3. The lowest BCUT2D eigenvalue weighted by Gasteiger charge is -2.17. The fourth-order valence-corrected chi connectivity index (χ4v) is 2.68. The molecule has 116 valence electrons. The Bertz CT molecular complexity index is 920. The number of non-ortho nitro benzene ring substituents is 1. The van der Waals surface area contributed by atoms with E-state index in [1.165, 1.54) is 11.0 Å². The first kappa shape index (κ1) is 15.1. The van der Waals surface area contributed by atoms with Gasteiger partial charge in [0.1, 0.15) is 11.2 Å². The van der Waals surface area contributed by atoms with Gasteiger partial charge in [0.2, 0.25) is 0 Å². The second kappa shape index (κ2) is 5.73. The fraction of sp³-hybridized carbons (Fsp3) is 0.0625. The molecule has 0 saturated carbocycles. The van der Waals surface area contributed by atoms with Crippen LogP contribution in [0.25, 0.3) is 10.9 Å². The number of nitrogens with one attached hydrogen (secondary N) is 1. The number of anilines is 1. The summed E-state index contributed by atoms with van der Waals surface area (Å²) in [5, 5.41) is 12.1. The van der Waals surface area contributed by atoms with Crippen LogP contribution in [0.4, 0.5) is 11.4 Å². The van der Waals surface area contributed by atoms with E-state index in [1.54, 1.807) is 49.5 Å². The van der Waals surface area contributed by atoms with Gasteiger partial charge in [0, 0.05) is 18.5 Å². The number of nitrogens with zero attached hydrogens (tertiary/aromatic N) is 2. The molecule has 1 heterocycles. The maximum absolute atomic E-state index is 12.6. The summed E-state index contributed by atoms with van der Waals surface area (Å²) < 4.78 is 0. The van der Waals surface area contributed by atoms with Crippen LogP contribution in [0.5, 0.6) is 0 Å². The number of aromatic amines is 1. The van der Waals surface area contributed by atoms with Crippen LogP contribution in [-0.2, 0) is 0 Å². The summed E-state index contributed by atoms with van der Waals surface area (Å²) in [5.74, 6) is -0.330. The number of H-pyrrole nitrogens is 1. The Morgan fingerprint density at radius 1 is 1.22 bits per heavy atom. The average Bonchev–Trinajstić information content (AvgIpc) is 2.97. The summed E-state index contributed by atoms with van der Waals surface area (Å²) in [4.78, 5) is 27.4. The molecule has 0 aliphatic carbocycles. The standard InChI is InChI=1S/C16H12ClN3O3/c1-19(13-7-3-2-6-11(13)17)16(21)12-9-10-5-4-8-14(20(22)23)15(10)18-12/h2-9,18H,1H3. The van der Waals surface area contributed by atoms with Crippen molar-refractivity contribution in [2.45, 2.75) is 0 Å². The molecule has 1 N–H and O–H groups in total. The molecule has 0 fully saturated rings. The van der Waals surface area contributed by atoms with Gasteiger partial charge < -0.3 is 9.88 Å². The topological polar surface area (TPSA) is 79.2 Å². The number of nitro benzene ring substituents is 1. The van der Waals surface area contributed by atoms with Crippen LogP contribution in [0.1, 0.15) is 10.5 Å². The summed E-state index contributed by atoms with van der Waals surface area (Å²) in [6, 6.07) is 13.3. The maximum Gasteiger partial charge on any atom is 0.293 e. The number of nitro groups is 1. The lowest BCUT2D eigenvalue weighted by Crippen LogP contribution is -2.26. The van der Waals surface area contributed by atoms with Gasteiger partial charge in [-0.15, -0.1) is 0 Å². The molecule has 1 aromatic heterocycles. The highest BCUT2D eigenvalue weighted by molar-refractivity contribution is 6.34. The Labute approximate surface area is 136 Å². The molecule has 0 radical (unpaired) electrons. The zero-order valence-electron chi connectivity index (χ0n) is 12.1. The molecule has 0 saturated heterocycles. The molecule has 0 bridgehead atoms. The highest BCUT2D eigenvalue weighted by atomic mass is 35.5. The normalized spacial score (nSPS) is 10.7. The van der Waals surface area contributed by atoms with E-state index in [4.69, 9.17) is 11.6 Å². The summed E-state index contributed by atoms with van der Waals surface area (Å²) in [7, 11) is 1.60. The molecule has 0 spiro atoms. The molecule has 2 aromatic carbocycles. The van der Waals surface area contributed by atoms with Crippen LogP contribution in [0.3, 0.4) is 0 Å². The number of para-hydroxylation sites is 2. The van der Waals surface area contributed by atoms with Crippen molar-refractivity contribution < 1.29 is 9.72 Å². The predicted octanol–water partition coefficient (Wildman–Crippen LogP) is 4.01. The average molecular weight is 330 g/mol. The number of benzene rings is 2. The Morgan fingerprint density at radius 3 is 2.65 bits per heavy atom. The van der Waals surface area contributed by atoms with Gasteiger partial charge in [0.25, 0.3) is 11.6 Å². The Balaban J connectivity index is 2.03. The molecule has 1 amide bonds. The number of carbonyl (C=O) groups is 1. The van der Waals surface area contributed by atoms with Gasteiger partial charge in [-0.25, -0.2) is 0 Å². The minimum atomic E-state index is -0.481. The summed E-state index contributed by atoms with van der Waals surface area (Å²) in [6.07, 6.45) is 0. The highest BCUT2D eigenvalue weighted by Gasteiger charge is 2.20. The molecule has 7 heteroatoms. The number of amides is 1. The quantitative estimate of drug-likeness (QED) is 0.582. The lowest BCUT2D eigenvalue weighted by molar-refractivity contribution is -0.383. The van der Waals surface area contributed by atoms with Gasteiger partial charge in [-0.1, -0.05) is 35.9 Å². The van der Waals surface area contributed by atoms with E-state index in [0.717, 1.165) is 0 Å². The van der Waals surface area contributed by atoms with E-state index in [2.05, 4.69) is 4.98 Å². The molecule has 0 aliphatic heterocycles. The third-order valence-electron chi connectivity index (χ3n) is 3.58. The minimum Gasteiger partial charge on any atom is -0.345 e. The second-order valence-electron chi connectivity index (χ2n) is 5.00. The first-order valence-corrected chi connectivity index (χ1v) is 7.15. The van der Waals surface area contributed by atoms with E-state index in [1.807, 2.05) is 0 Å². The number of halogens is 1. The fourth-order valence-electron chi connectivity index (χ4n) is 2.42. The molecule has 3 aromatic rings. The highest BCUT2D eigenvalue weighted by Crippen LogP contribution is 2.28. The van der Waals surface area contributed by atoms with Gasteiger partial charge in [0.15, 0.2) is 0 Å². The smallest absolute Gasteiger partial charge is 0.293 e. The third kappa shape index (κ3) is 2.64. The first-order chi connectivity index (χ1) is 11.0. The van der Waals surface area contributed by atoms with Gasteiger partial charge >= 0.3 is 0 Å². The number of hydrogen-bond acceptors (Lipinski definition) is 3. The van der Waals surface area contributed by atoms with Crippen molar-refractivity contribution in [3.63, 3.8) is 0 Å². The SMILES string of the molecule is CN(C(=O)c1cc2cccc([N+](=O)[O-])c2[nH]1)c1ccccc1Cl. The van der Waals surface area contributed by atoms with Crippen LogP contribution in [0.2, 0.25) is 5.02 Å². The van der Waals surface area contributed by atoms with Crippen LogP contribution < -0.4 is 4.90 Å². The van der Waals surface area contributed by atoms with Gasteiger partial charge in [-0.3, -0.25) is 14.9 Å². The van der Waals surface area contributed by atoms with E-state index in [9.17, 15) is 14.9 Å². The Kier molecular flexibility index (Phi) is 3.75. The molecule has 0 aliphatic rings. The minimum absolute atomic E-state index is 0.0676. The molecule has 0 unspecified atom stereocenters. The Hall–Kier alpha value is -2.86. The maximum atomic E-state index is 12.6. The van der Waals surface area contributed by atoms with Crippen LogP contribution in [0, 0.1) is 10.1 Å². The van der Waals surface area contributed by atoms with Gasteiger partial charge in [0.05, 0.1) is 15.6 Å². The molecule has 6 nitrogen and oxygen atoms in total. The summed E-state index contributed by atoms with van der Waals surface area (Å²) in [6.45, 7) is 0. The summed E-state index contributed by atoms with van der Waals surface area (Å²) >= 11 is 6.10. The van der Waals surface area contributed by atoms with E-state index < -0.39 is 4.92 Å². The number of hydrogen-bond donors (Lipinski definition) is 1. The van der Waals surface area contributed by atoms with Crippen LogP contribution in [-0.4, -0.2) is 22.9 Å². The number of rotatable bonds is 3.